The number of carbonyl (C=O) groups is 1. The molecule has 0 bridgehead atoms. The number of nitrogens with zero attached hydrogens (tertiary/aromatic N) is 1. The Hall–Kier alpha value is -2.21. The van der Waals surface area contributed by atoms with Gasteiger partial charge in [0.1, 0.15) is 0 Å². The zero-order valence-electron chi connectivity index (χ0n) is 16.5. The lowest BCUT2D eigenvalue weighted by Gasteiger charge is -2.45. The number of benzene rings is 2. The van der Waals surface area contributed by atoms with E-state index in [0.29, 0.717) is 32.5 Å². The number of piperidine rings is 1. The Morgan fingerprint density at radius 3 is 2.61 bits per heavy atom. The molecule has 150 valence electrons. The summed E-state index contributed by atoms with van der Waals surface area (Å²) >= 11 is 0. The van der Waals surface area contributed by atoms with E-state index in [1.165, 1.54) is 0 Å². The van der Waals surface area contributed by atoms with Crippen LogP contribution in [0.1, 0.15) is 23.1 Å². The maximum Gasteiger partial charge on any atom is 0.234 e. The summed E-state index contributed by atoms with van der Waals surface area (Å²) in [6.07, 6.45) is 0.565. The Morgan fingerprint density at radius 2 is 1.89 bits per heavy atom. The largest absolute Gasteiger partial charge is 0.396 e. The van der Waals surface area contributed by atoms with Crippen LogP contribution in [-0.4, -0.2) is 53.4 Å². The number of aliphatic hydroxyl groups excluding tert-OH is 2. The van der Waals surface area contributed by atoms with Crippen LogP contribution in [0.3, 0.4) is 0 Å². The van der Waals surface area contributed by atoms with Crippen LogP contribution < -0.4 is 5.32 Å². The van der Waals surface area contributed by atoms with E-state index in [0.717, 1.165) is 16.7 Å². The molecule has 3 N–H and O–H groups in total. The van der Waals surface area contributed by atoms with Crippen LogP contribution in [-0.2, 0) is 17.8 Å². The number of likely N-dealkylation sites (tertiary alicyclic amines) is 1. The Morgan fingerprint density at radius 1 is 1.18 bits per heavy atom. The standard InChI is InChI=1S/C23H30N2O3/c1-18-7-5-6-10-20(18)14-24-22(28)15-25-12-11-21(27)23(16-25,17-26)13-19-8-3-2-4-9-19/h2-10,21,26-27H,11-17H2,1H3,(H,24,28)/t21-,23+/m0/s1. The van der Waals surface area contributed by atoms with Crippen LogP contribution in [0.4, 0.5) is 0 Å². The molecule has 0 spiro atoms. The van der Waals surface area contributed by atoms with E-state index in [-0.39, 0.29) is 19.1 Å². The average molecular weight is 383 g/mol. The molecule has 1 amide bonds. The molecular weight excluding hydrogens is 352 g/mol. The second kappa shape index (κ2) is 9.32. The van der Waals surface area contributed by atoms with E-state index < -0.39 is 11.5 Å². The molecule has 1 saturated heterocycles. The van der Waals surface area contributed by atoms with Gasteiger partial charge in [-0.2, -0.15) is 0 Å². The number of rotatable bonds is 7. The van der Waals surface area contributed by atoms with Crippen molar-refractivity contribution in [2.24, 2.45) is 5.41 Å². The highest BCUT2D eigenvalue weighted by Gasteiger charge is 2.42. The van der Waals surface area contributed by atoms with Crippen LogP contribution in [0, 0.1) is 12.3 Å². The highest BCUT2D eigenvalue weighted by atomic mass is 16.3. The first-order valence-electron chi connectivity index (χ1n) is 9.89. The minimum absolute atomic E-state index is 0.0359. The van der Waals surface area contributed by atoms with Gasteiger partial charge < -0.3 is 15.5 Å². The van der Waals surface area contributed by atoms with Gasteiger partial charge in [0.05, 0.1) is 19.3 Å². The molecule has 0 aromatic heterocycles. The summed E-state index contributed by atoms with van der Waals surface area (Å²) in [4.78, 5) is 14.5. The van der Waals surface area contributed by atoms with E-state index in [1.807, 2.05) is 66.4 Å². The lowest BCUT2D eigenvalue weighted by Crippen LogP contribution is -2.56. The van der Waals surface area contributed by atoms with E-state index in [9.17, 15) is 15.0 Å². The fourth-order valence-corrected chi connectivity index (χ4v) is 4.02. The summed E-state index contributed by atoms with van der Waals surface area (Å²) in [5, 5.41) is 23.7. The summed E-state index contributed by atoms with van der Waals surface area (Å²) in [6.45, 7) is 3.86. The number of carbonyl (C=O) groups excluding carboxylic acids is 1. The van der Waals surface area contributed by atoms with E-state index in [1.54, 1.807) is 0 Å². The number of nitrogens with one attached hydrogen (secondary N) is 1. The Balaban J connectivity index is 1.60. The van der Waals surface area contributed by atoms with Crippen LogP contribution in [0.5, 0.6) is 0 Å². The number of hydrogen-bond acceptors (Lipinski definition) is 4. The Labute approximate surface area is 167 Å². The molecule has 2 aromatic rings. The van der Waals surface area contributed by atoms with Crippen molar-refractivity contribution in [3.8, 4) is 0 Å². The van der Waals surface area contributed by atoms with Gasteiger partial charge in [0, 0.05) is 25.0 Å². The van der Waals surface area contributed by atoms with Gasteiger partial charge in [0.25, 0.3) is 0 Å². The van der Waals surface area contributed by atoms with Gasteiger partial charge in [-0.05, 0) is 36.5 Å². The fourth-order valence-electron chi connectivity index (χ4n) is 4.02. The topological polar surface area (TPSA) is 72.8 Å². The number of hydrogen-bond donors (Lipinski definition) is 3. The zero-order valence-corrected chi connectivity index (χ0v) is 16.5. The molecule has 1 heterocycles. The molecular formula is C23H30N2O3. The summed E-state index contributed by atoms with van der Waals surface area (Å²) in [7, 11) is 0. The monoisotopic (exact) mass is 382 g/mol. The van der Waals surface area contributed by atoms with Crippen LogP contribution in [0.25, 0.3) is 0 Å². The summed E-state index contributed by atoms with van der Waals surface area (Å²) < 4.78 is 0. The Kier molecular flexibility index (Phi) is 6.83. The van der Waals surface area contributed by atoms with Crippen molar-refractivity contribution >= 4 is 5.91 Å². The Bertz CT molecular complexity index is 780. The first-order chi connectivity index (χ1) is 13.5. The first kappa shape index (κ1) is 20.5. The molecule has 3 rings (SSSR count). The molecule has 0 radical (unpaired) electrons. The quantitative estimate of drug-likeness (QED) is 0.684. The predicted octanol–water partition coefficient (Wildman–Crippen LogP) is 1.90. The van der Waals surface area contributed by atoms with Crippen molar-refractivity contribution in [2.75, 3.05) is 26.2 Å². The van der Waals surface area contributed by atoms with Crippen LogP contribution in [0.2, 0.25) is 0 Å². The van der Waals surface area contributed by atoms with Crippen molar-refractivity contribution in [3.63, 3.8) is 0 Å². The highest BCUT2D eigenvalue weighted by Crippen LogP contribution is 2.33. The maximum atomic E-state index is 12.5. The maximum absolute atomic E-state index is 12.5. The molecule has 2 aromatic carbocycles. The molecule has 28 heavy (non-hydrogen) atoms. The SMILES string of the molecule is Cc1ccccc1CNC(=O)CN1CC[C@H](O)[C@](CO)(Cc2ccccc2)C1. The fraction of sp³-hybridized carbons (Fsp3) is 0.435. The minimum atomic E-state index is -0.643. The van der Waals surface area contributed by atoms with Gasteiger partial charge in [-0.25, -0.2) is 0 Å². The molecule has 5 heteroatoms. The second-order valence-electron chi connectivity index (χ2n) is 7.90. The molecule has 5 nitrogen and oxygen atoms in total. The summed E-state index contributed by atoms with van der Waals surface area (Å²) in [5.74, 6) is -0.0359. The lowest BCUT2D eigenvalue weighted by atomic mass is 9.73. The van der Waals surface area contributed by atoms with Crippen LogP contribution >= 0.6 is 0 Å². The zero-order chi connectivity index (χ0) is 20.0. The summed E-state index contributed by atoms with van der Waals surface area (Å²) in [5.41, 5.74) is 2.71. The van der Waals surface area contributed by atoms with Gasteiger partial charge in [0.2, 0.25) is 5.91 Å². The average Bonchev–Trinajstić information content (AvgIpc) is 2.71. The molecule has 0 unspecified atom stereocenters. The number of amides is 1. The van der Waals surface area contributed by atoms with Crippen molar-refractivity contribution in [3.05, 3.63) is 71.3 Å². The lowest BCUT2D eigenvalue weighted by molar-refractivity contribution is -0.126. The first-order valence-corrected chi connectivity index (χ1v) is 9.89. The van der Waals surface area contributed by atoms with Gasteiger partial charge in [-0.3, -0.25) is 9.69 Å². The van der Waals surface area contributed by atoms with Gasteiger partial charge in [-0.15, -0.1) is 0 Å². The molecule has 1 aliphatic rings. The number of aliphatic hydroxyl groups is 2. The third kappa shape index (κ3) is 4.98. The number of aryl methyl sites for hydroxylation is 1. The van der Waals surface area contributed by atoms with Gasteiger partial charge in [0.15, 0.2) is 0 Å². The van der Waals surface area contributed by atoms with Crippen molar-refractivity contribution in [1.82, 2.24) is 10.2 Å². The molecule has 1 fully saturated rings. The minimum Gasteiger partial charge on any atom is -0.396 e. The van der Waals surface area contributed by atoms with Gasteiger partial charge >= 0.3 is 0 Å². The van der Waals surface area contributed by atoms with Crippen molar-refractivity contribution in [2.45, 2.75) is 32.4 Å². The van der Waals surface area contributed by atoms with Crippen LogP contribution in [0.15, 0.2) is 54.6 Å². The second-order valence-corrected chi connectivity index (χ2v) is 7.90. The van der Waals surface area contributed by atoms with E-state index in [4.69, 9.17) is 0 Å². The van der Waals surface area contributed by atoms with E-state index >= 15 is 0 Å². The molecule has 2 atom stereocenters. The van der Waals surface area contributed by atoms with Crippen molar-refractivity contribution in [1.29, 1.82) is 0 Å². The van der Waals surface area contributed by atoms with Crippen molar-refractivity contribution < 1.29 is 15.0 Å². The van der Waals surface area contributed by atoms with Gasteiger partial charge in [-0.1, -0.05) is 54.6 Å². The molecule has 0 saturated carbocycles. The van der Waals surface area contributed by atoms with E-state index in [2.05, 4.69) is 5.32 Å². The normalized spacial score (nSPS) is 22.8. The highest BCUT2D eigenvalue weighted by molar-refractivity contribution is 5.78. The smallest absolute Gasteiger partial charge is 0.234 e. The third-order valence-corrected chi connectivity index (χ3v) is 5.78. The summed E-state index contributed by atoms with van der Waals surface area (Å²) in [6, 6.07) is 17.9. The third-order valence-electron chi connectivity index (χ3n) is 5.78. The predicted molar refractivity (Wildman–Crippen MR) is 110 cm³/mol. The molecule has 1 aliphatic heterocycles. The molecule has 0 aliphatic carbocycles.